The topological polar surface area (TPSA) is 165 Å². The minimum Gasteiger partial charge on any atom is -0.487 e. The van der Waals surface area contributed by atoms with Gasteiger partial charge in [-0.1, -0.05) is 172 Å². The van der Waals surface area contributed by atoms with Gasteiger partial charge in [-0.2, -0.15) is 0 Å². The highest BCUT2D eigenvalue weighted by atomic mass is 16.6. The molecule has 0 saturated heterocycles. The van der Waals surface area contributed by atoms with Crippen molar-refractivity contribution in [3.63, 3.8) is 0 Å². The van der Waals surface area contributed by atoms with E-state index in [1.807, 2.05) is 27.7 Å². The van der Waals surface area contributed by atoms with Crippen molar-refractivity contribution in [2.24, 2.45) is 41.4 Å². The average Bonchev–Trinajstić information content (AvgIpc) is 0.769. The first-order valence-electron chi connectivity index (χ1n) is 39.6. The summed E-state index contributed by atoms with van der Waals surface area (Å²) in [6, 6.07) is 0. The number of hydrogen-bond donors (Lipinski definition) is 1. The van der Waals surface area contributed by atoms with E-state index in [1.54, 1.807) is 0 Å². The highest BCUT2D eigenvalue weighted by molar-refractivity contribution is 5.76. The monoisotopic (exact) mass is 1370 g/mol. The van der Waals surface area contributed by atoms with Crippen LogP contribution in [0.5, 0.6) is 23.0 Å². The molecular formula is C84H144N2O12. The molecule has 6 atom stereocenters. The van der Waals surface area contributed by atoms with Gasteiger partial charge in [0.2, 0.25) is 0 Å². The molecule has 0 fully saturated rings. The van der Waals surface area contributed by atoms with Gasteiger partial charge >= 0.3 is 30.0 Å². The third-order valence-corrected chi connectivity index (χ3v) is 21.9. The zero-order chi connectivity index (χ0) is 72.4. The van der Waals surface area contributed by atoms with E-state index in [2.05, 4.69) is 107 Å². The third kappa shape index (κ3) is 31.6. The number of hydrogen-bond acceptors (Lipinski definition) is 13. The summed E-state index contributed by atoms with van der Waals surface area (Å²) in [6.07, 6.45) is 30.6. The Hall–Kier alpha value is -4.85. The molecule has 2 heterocycles. The largest absolute Gasteiger partial charge is 0.487 e. The summed E-state index contributed by atoms with van der Waals surface area (Å²) >= 11 is 0. The maximum Gasteiger partial charge on any atom is 0.407 e. The highest BCUT2D eigenvalue weighted by Crippen LogP contribution is 2.47. The van der Waals surface area contributed by atoms with Crippen LogP contribution >= 0.6 is 0 Å². The van der Waals surface area contributed by atoms with Crippen molar-refractivity contribution in [3.8, 4) is 23.0 Å². The van der Waals surface area contributed by atoms with Crippen LogP contribution in [0.1, 0.15) is 328 Å². The van der Waals surface area contributed by atoms with Crippen LogP contribution in [-0.4, -0.2) is 92.1 Å². The van der Waals surface area contributed by atoms with Crippen LogP contribution in [-0.2, 0) is 46.2 Å². The van der Waals surface area contributed by atoms with Crippen LogP contribution in [0.15, 0.2) is 0 Å². The predicted octanol–water partition coefficient (Wildman–Crippen LogP) is 21.4. The second-order valence-electron chi connectivity index (χ2n) is 32.1. The third-order valence-electron chi connectivity index (χ3n) is 21.9. The van der Waals surface area contributed by atoms with Crippen molar-refractivity contribution < 1.29 is 58.6 Å². The zero-order valence-electron chi connectivity index (χ0n) is 65.7. The molecule has 0 radical (unpaired) electrons. The summed E-state index contributed by atoms with van der Waals surface area (Å²) in [7, 11) is 0. The van der Waals surface area contributed by atoms with Crippen LogP contribution in [0, 0.1) is 83.0 Å². The molecule has 14 nitrogen and oxygen atoms in total. The molecule has 14 heteroatoms. The number of nitrogens with one attached hydrogen (secondary N) is 1. The molecule has 2 aromatic rings. The second-order valence-corrected chi connectivity index (χ2v) is 32.1. The Morgan fingerprint density at radius 2 is 0.786 bits per heavy atom. The van der Waals surface area contributed by atoms with Gasteiger partial charge in [-0.3, -0.25) is 19.2 Å². The number of rotatable bonds is 50. The number of carbonyl (C=O) groups is 5. The summed E-state index contributed by atoms with van der Waals surface area (Å²) in [5, 5.41) is 2.80. The fourth-order valence-electron chi connectivity index (χ4n) is 14.6. The second kappa shape index (κ2) is 45.2. The maximum absolute atomic E-state index is 13.3. The van der Waals surface area contributed by atoms with Gasteiger partial charge in [0, 0.05) is 44.8 Å². The zero-order valence-corrected chi connectivity index (χ0v) is 65.7. The predicted molar refractivity (Wildman–Crippen MR) is 402 cm³/mol. The number of fused-ring (bicyclic) bond motifs is 2. The minimum absolute atomic E-state index is 0. The van der Waals surface area contributed by atoms with Crippen molar-refractivity contribution >= 4 is 30.0 Å². The van der Waals surface area contributed by atoms with Crippen molar-refractivity contribution in [3.05, 3.63) is 44.5 Å². The molecule has 4 rings (SSSR count). The molecule has 0 bridgehead atoms. The van der Waals surface area contributed by atoms with E-state index < -0.39 is 23.9 Å². The summed E-state index contributed by atoms with van der Waals surface area (Å²) in [6.45, 7) is 42.7. The first-order chi connectivity index (χ1) is 46.6. The first-order valence-corrected chi connectivity index (χ1v) is 39.6. The van der Waals surface area contributed by atoms with Crippen LogP contribution in [0.4, 0.5) is 4.79 Å². The van der Waals surface area contributed by atoms with Crippen molar-refractivity contribution in [1.82, 2.24) is 10.2 Å². The molecule has 1 N–H and O–H groups in total. The Morgan fingerprint density at radius 1 is 0.439 bits per heavy atom. The molecule has 0 unspecified atom stereocenters. The lowest BCUT2D eigenvalue weighted by atomic mass is 9.83. The lowest BCUT2D eigenvalue weighted by Gasteiger charge is -2.38. The van der Waals surface area contributed by atoms with Gasteiger partial charge in [-0.05, 0) is 227 Å². The summed E-state index contributed by atoms with van der Waals surface area (Å²) in [4.78, 5) is 67.8. The molecule has 0 saturated carbocycles. The van der Waals surface area contributed by atoms with Crippen molar-refractivity contribution in [2.75, 3.05) is 46.0 Å². The van der Waals surface area contributed by atoms with Gasteiger partial charge < -0.3 is 43.4 Å². The highest BCUT2D eigenvalue weighted by Gasteiger charge is 2.37. The molecule has 2 aromatic carbocycles. The van der Waals surface area contributed by atoms with E-state index in [4.69, 9.17) is 33.2 Å². The Kier molecular flexibility index (Phi) is 39.5. The van der Waals surface area contributed by atoms with Gasteiger partial charge in [0.15, 0.2) is 0 Å². The number of carbonyl (C=O) groups excluding carboxylic acids is 5. The van der Waals surface area contributed by atoms with Crippen LogP contribution in [0.25, 0.3) is 0 Å². The number of unbranched alkanes of at least 4 members (excludes halogenated alkanes) is 4. The average molecular weight is 1370 g/mol. The summed E-state index contributed by atoms with van der Waals surface area (Å²) < 4.78 is 42.8. The van der Waals surface area contributed by atoms with Crippen LogP contribution in [0.3, 0.4) is 0 Å². The fourth-order valence-corrected chi connectivity index (χ4v) is 14.6. The number of alkyl carbamates (subject to hydrolysis) is 1. The molecule has 0 aromatic heterocycles. The molecule has 1 amide bonds. The number of amides is 1. The fraction of sp³-hybridized carbons (Fsp3) is 0.798. The maximum atomic E-state index is 13.3. The van der Waals surface area contributed by atoms with Gasteiger partial charge in [-0.15, -0.1) is 0 Å². The Bertz CT molecular complexity index is 2560. The standard InChI is InChI=1S/C84H142N2O12.H2/c1-19-86(20-2)55-33-54-85-82(91)94-58-71(56-92-74(87)44-23-21-25-46-76(89)95-78-65(11)67(13)80-72(69(78)15)48-52-83(17,97-80)50-31-42-63(9)40-29-38-61(7)36-27-34-59(3)4)57-93-75(88)45-24-22-26-47-77(90)96-79-66(12)68(14)81-73(70(79)16)49-53-84(18,98-81)51-32-43-64(10)41-30-39-62(8)37-28-35-60(5)6;/h59-64,71H,19-58H2,1-18H3,(H,85,91);1H/t61-,62-,63-,64-,83-,84-;/m0./s1. The molecule has 2 aliphatic rings. The lowest BCUT2D eigenvalue weighted by Crippen LogP contribution is -2.37. The van der Waals surface area contributed by atoms with Crippen molar-refractivity contribution in [2.45, 2.75) is 348 Å². The SMILES string of the molecule is CCN(CC)CCCNC(=O)OCC(COC(=O)CCCCCC(=O)Oc1c(C)c(C)c2c(c1C)CC[C@](C)(CCC[C@@H](C)CCC[C@@H](C)CCCC(C)C)O2)COC(=O)CCCCCC(=O)Oc1c(C)c(C)c2c(c1C)CC[C@](C)(CCC[C@@H](C)CCC[C@@H](C)CCCC(C)C)O2.[HH]. The number of esters is 4. The first kappa shape index (κ1) is 85.6. The molecule has 562 valence electrons. The van der Waals surface area contributed by atoms with E-state index in [0.29, 0.717) is 56.6 Å². The van der Waals surface area contributed by atoms with Crippen LogP contribution in [0.2, 0.25) is 0 Å². The van der Waals surface area contributed by atoms with Crippen LogP contribution < -0.4 is 24.3 Å². The van der Waals surface area contributed by atoms with E-state index in [-0.39, 0.29) is 70.1 Å². The normalized spacial score (nSPS) is 17.2. The summed E-state index contributed by atoms with van der Waals surface area (Å²) in [5.41, 5.74) is 7.65. The van der Waals surface area contributed by atoms with Gasteiger partial charge in [0.1, 0.15) is 54.0 Å². The van der Waals surface area contributed by atoms with E-state index in [9.17, 15) is 24.0 Å². The lowest BCUT2D eigenvalue weighted by molar-refractivity contribution is -0.150. The minimum atomic E-state index is -0.592. The Balaban J connectivity index is 0.0000255. The summed E-state index contributed by atoms with van der Waals surface area (Å²) in [5.74, 6) is 5.77. The number of nitrogens with zero attached hydrogens (tertiary/aromatic N) is 1. The number of benzene rings is 2. The van der Waals surface area contributed by atoms with Crippen molar-refractivity contribution in [1.29, 1.82) is 0 Å². The number of ether oxygens (including phenoxy) is 7. The molecule has 0 spiro atoms. The van der Waals surface area contributed by atoms with E-state index in [1.165, 1.54) is 89.9 Å². The molecular weight excluding hydrogens is 1230 g/mol. The smallest absolute Gasteiger partial charge is 0.407 e. The Morgan fingerprint density at radius 3 is 1.15 bits per heavy atom. The molecule has 0 aliphatic carbocycles. The van der Waals surface area contributed by atoms with E-state index >= 15 is 0 Å². The van der Waals surface area contributed by atoms with Gasteiger partial charge in [0.25, 0.3) is 0 Å². The van der Waals surface area contributed by atoms with E-state index in [0.717, 1.165) is 169 Å². The van der Waals surface area contributed by atoms with Gasteiger partial charge in [0.05, 0.1) is 5.92 Å². The Labute approximate surface area is 598 Å². The molecule has 2 aliphatic heterocycles. The van der Waals surface area contributed by atoms with Gasteiger partial charge in [-0.25, -0.2) is 4.79 Å². The quantitative estimate of drug-likeness (QED) is 0.0288. The molecule has 98 heavy (non-hydrogen) atoms.